The lowest BCUT2D eigenvalue weighted by atomic mass is 10.2. The van der Waals surface area contributed by atoms with E-state index < -0.39 is 6.04 Å². The number of hydrogen-bond donors (Lipinski definition) is 2. The average molecular weight is 232 g/mol. The van der Waals surface area contributed by atoms with Crippen molar-refractivity contribution in [2.75, 3.05) is 5.32 Å². The molecule has 0 saturated heterocycles. The van der Waals surface area contributed by atoms with Gasteiger partial charge in [0, 0.05) is 12.2 Å². The highest BCUT2D eigenvalue weighted by Gasteiger charge is 2.14. The Morgan fingerprint density at radius 2 is 2.18 bits per heavy atom. The molecule has 1 unspecified atom stereocenters. The van der Waals surface area contributed by atoms with Crippen LogP contribution < -0.4 is 10.6 Å². The Morgan fingerprint density at radius 1 is 1.47 bits per heavy atom. The third-order valence-corrected chi connectivity index (χ3v) is 2.11. The van der Waals surface area contributed by atoms with Crippen LogP contribution in [0.15, 0.2) is 18.3 Å². The number of carbonyl (C=O) groups is 1. The highest BCUT2D eigenvalue weighted by atomic mass is 16.2. The Hall–Kier alpha value is -2.09. The van der Waals surface area contributed by atoms with Crippen molar-refractivity contribution >= 4 is 11.6 Å². The maximum atomic E-state index is 11.7. The SMILES string of the molecule is CC(C)NC(=O)C(C)Nc1cccnc1C#N. The number of aromatic nitrogens is 1. The molecule has 17 heavy (non-hydrogen) atoms. The average Bonchev–Trinajstić information content (AvgIpc) is 2.28. The minimum Gasteiger partial charge on any atom is -0.372 e. The third-order valence-electron chi connectivity index (χ3n) is 2.11. The zero-order valence-electron chi connectivity index (χ0n) is 10.2. The number of rotatable bonds is 4. The van der Waals surface area contributed by atoms with E-state index in [-0.39, 0.29) is 17.6 Å². The van der Waals surface area contributed by atoms with Crippen molar-refractivity contribution in [3.05, 3.63) is 24.0 Å². The largest absolute Gasteiger partial charge is 0.372 e. The van der Waals surface area contributed by atoms with Crippen LogP contribution in [0.2, 0.25) is 0 Å². The monoisotopic (exact) mass is 232 g/mol. The maximum absolute atomic E-state index is 11.7. The Balaban J connectivity index is 2.71. The fraction of sp³-hybridized carbons (Fsp3) is 0.417. The number of amides is 1. The molecule has 0 radical (unpaired) electrons. The molecule has 0 saturated carbocycles. The fourth-order valence-corrected chi connectivity index (χ4v) is 1.32. The zero-order chi connectivity index (χ0) is 12.8. The van der Waals surface area contributed by atoms with Crippen LogP contribution in [0.5, 0.6) is 0 Å². The Morgan fingerprint density at radius 3 is 2.76 bits per heavy atom. The van der Waals surface area contributed by atoms with Crippen LogP contribution in [0.25, 0.3) is 0 Å². The minimum absolute atomic E-state index is 0.0936. The summed E-state index contributed by atoms with van der Waals surface area (Å²) in [4.78, 5) is 15.6. The van der Waals surface area contributed by atoms with Crippen molar-refractivity contribution in [1.29, 1.82) is 5.26 Å². The standard InChI is InChI=1S/C12H16N4O/c1-8(2)15-12(17)9(3)16-10-5-4-6-14-11(10)7-13/h4-6,8-9,16H,1-3H3,(H,15,17). The molecule has 2 N–H and O–H groups in total. The van der Waals surface area contributed by atoms with E-state index in [1.807, 2.05) is 19.9 Å². The van der Waals surface area contributed by atoms with Crippen molar-refractivity contribution in [3.63, 3.8) is 0 Å². The van der Waals surface area contributed by atoms with Crippen LogP contribution in [0.4, 0.5) is 5.69 Å². The van der Waals surface area contributed by atoms with Crippen molar-refractivity contribution in [3.8, 4) is 6.07 Å². The summed E-state index contributed by atoms with van der Waals surface area (Å²) in [5.74, 6) is -0.104. The van der Waals surface area contributed by atoms with Gasteiger partial charge < -0.3 is 10.6 Å². The van der Waals surface area contributed by atoms with Gasteiger partial charge in [0.1, 0.15) is 12.1 Å². The highest BCUT2D eigenvalue weighted by molar-refractivity contribution is 5.84. The topological polar surface area (TPSA) is 77.8 Å². The quantitative estimate of drug-likeness (QED) is 0.819. The van der Waals surface area contributed by atoms with Gasteiger partial charge in [-0.15, -0.1) is 0 Å². The molecule has 0 bridgehead atoms. The number of nitriles is 1. The molecular weight excluding hydrogens is 216 g/mol. The first-order valence-corrected chi connectivity index (χ1v) is 5.46. The van der Waals surface area contributed by atoms with E-state index in [1.165, 1.54) is 0 Å². The smallest absolute Gasteiger partial charge is 0.242 e. The normalized spacial score (nSPS) is 11.7. The molecule has 1 rings (SSSR count). The maximum Gasteiger partial charge on any atom is 0.242 e. The summed E-state index contributed by atoms with van der Waals surface area (Å²) in [5.41, 5.74) is 0.859. The molecule has 0 aromatic carbocycles. The van der Waals surface area contributed by atoms with Crippen molar-refractivity contribution < 1.29 is 4.79 Å². The predicted molar refractivity (Wildman–Crippen MR) is 65.3 cm³/mol. The molecule has 1 aromatic heterocycles. The summed E-state index contributed by atoms with van der Waals surface area (Å²) in [6.07, 6.45) is 1.54. The molecule has 90 valence electrons. The minimum atomic E-state index is -0.409. The molecule has 0 fully saturated rings. The molecule has 5 heteroatoms. The van der Waals surface area contributed by atoms with Gasteiger partial charge in [-0.2, -0.15) is 5.26 Å². The summed E-state index contributed by atoms with van der Waals surface area (Å²) in [5, 5.41) is 14.6. The number of hydrogen-bond acceptors (Lipinski definition) is 4. The van der Waals surface area contributed by atoms with Crippen molar-refractivity contribution in [2.24, 2.45) is 0 Å². The van der Waals surface area contributed by atoms with E-state index in [9.17, 15) is 4.79 Å². The summed E-state index contributed by atoms with van der Waals surface area (Å²) in [7, 11) is 0. The summed E-state index contributed by atoms with van der Waals surface area (Å²) >= 11 is 0. The van der Waals surface area contributed by atoms with Gasteiger partial charge >= 0.3 is 0 Å². The van der Waals surface area contributed by atoms with E-state index in [4.69, 9.17) is 5.26 Å². The van der Waals surface area contributed by atoms with Crippen LogP contribution in [0, 0.1) is 11.3 Å². The number of carbonyl (C=O) groups excluding carboxylic acids is 1. The second-order valence-electron chi connectivity index (χ2n) is 4.04. The third kappa shape index (κ3) is 3.76. The van der Waals surface area contributed by atoms with Gasteiger partial charge in [0.25, 0.3) is 0 Å². The number of pyridine rings is 1. The number of nitrogens with zero attached hydrogens (tertiary/aromatic N) is 2. The molecule has 0 aliphatic rings. The lowest BCUT2D eigenvalue weighted by molar-refractivity contribution is -0.122. The van der Waals surface area contributed by atoms with Crippen LogP contribution in [0.3, 0.4) is 0 Å². The van der Waals surface area contributed by atoms with Crippen LogP contribution in [-0.2, 0) is 4.79 Å². The van der Waals surface area contributed by atoms with Crippen LogP contribution in [-0.4, -0.2) is 23.0 Å². The summed E-state index contributed by atoms with van der Waals surface area (Å²) < 4.78 is 0. The zero-order valence-corrected chi connectivity index (χ0v) is 10.2. The molecule has 0 spiro atoms. The number of anilines is 1. The molecular formula is C12H16N4O. The molecule has 1 aromatic rings. The van der Waals surface area contributed by atoms with Crippen molar-refractivity contribution in [1.82, 2.24) is 10.3 Å². The summed E-state index contributed by atoms with van der Waals surface area (Å²) in [6, 6.07) is 5.11. The molecule has 1 heterocycles. The van der Waals surface area contributed by atoms with Gasteiger partial charge in [0.2, 0.25) is 5.91 Å². The molecule has 1 atom stereocenters. The fourth-order valence-electron chi connectivity index (χ4n) is 1.32. The first kappa shape index (κ1) is 13.0. The van der Waals surface area contributed by atoms with Crippen LogP contribution in [0.1, 0.15) is 26.5 Å². The second kappa shape index (κ2) is 5.85. The second-order valence-corrected chi connectivity index (χ2v) is 4.04. The van der Waals surface area contributed by atoms with Gasteiger partial charge in [-0.05, 0) is 32.9 Å². The Kier molecular flexibility index (Phi) is 4.46. The molecule has 5 nitrogen and oxygen atoms in total. The predicted octanol–water partition coefficient (Wildman–Crippen LogP) is 1.28. The molecule has 1 amide bonds. The number of nitrogens with one attached hydrogen (secondary N) is 2. The first-order chi connectivity index (χ1) is 8.04. The van der Waals surface area contributed by atoms with Gasteiger partial charge in [-0.3, -0.25) is 4.79 Å². The van der Waals surface area contributed by atoms with Crippen LogP contribution >= 0.6 is 0 Å². The summed E-state index contributed by atoms with van der Waals surface area (Å²) in [6.45, 7) is 5.54. The van der Waals surface area contributed by atoms with Gasteiger partial charge in [-0.1, -0.05) is 0 Å². The highest BCUT2D eigenvalue weighted by Crippen LogP contribution is 2.11. The van der Waals surface area contributed by atoms with Crippen molar-refractivity contribution in [2.45, 2.75) is 32.9 Å². The Labute approximate surface area is 101 Å². The lowest BCUT2D eigenvalue weighted by Gasteiger charge is -2.17. The van der Waals surface area contributed by atoms with E-state index in [2.05, 4.69) is 15.6 Å². The first-order valence-electron chi connectivity index (χ1n) is 5.46. The Bertz CT molecular complexity index is 436. The van der Waals surface area contributed by atoms with E-state index in [1.54, 1.807) is 25.3 Å². The lowest BCUT2D eigenvalue weighted by Crippen LogP contribution is -2.41. The van der Waals surface area contributed by atoms with Gasteiger partial charge in [0.05, 0.1) is 5.69 Å². The van der Waals surface area contributed by atoms with E-state index >= 15 is 0 Å². The van der Waals surface area contributed by atoms with E-state index in [0.29, 0.717) is 5.69 Å². The van der Waals surface area contributed by atoms with E-state index in [0.717, 1.165) is 0 Å². The molecule has 0 aliphatic heterocycles. The molecule has 0 aliphatic carbocycles. The van der Waals surface area contributed by atoms with Gasteiger partial charge in [-0.25, -0.2) is 4.98 Å². The van der Waals surface area contributed by atoms with Gasteiger partial charge in [0.15, 0.2) is 5.69 Å².